The third kappa shape index (κ3) is 3.17. The van der Waals surface area contributed by atoms with Crippen LogP contribution in [0.15, 0.2) is 24.3 Å². The minimum Gasteiger partial charge on any atom is -0.494 e. The molecule has 0 saturated carbocycles. The number of fused-ring (bicyclic) bond motifs is 1. The number of H-pyrrole nitrogens is 1. The summed E-state index contributed by atoms with van der Waals surface area (Å²) >= 11 is 0. The summed E-state index contributed by atoms with van der Waals surface area (Å²) in [5.74, 6) is 0.496. The first-order valence-corrected chi connectivity index (χ1v) is 7.89. The Morgan fingerprint density at radius 1 is 1.48 bits per heavy atom. The molecule has 1 amide bonds. The fourth-order valence-corrected chi connectivity index (χ4v) is 3.04. The normalized spacial score (nSPS) is 21.6. The number of piperidine rings is 1. The van der Waals surface area contributed by atoms with Gasteiger partial charge in [0.25, 0.3) is 5.91 Å². The number of hydrogen-bond donors (Lipinski definition) is 2. The largest absolute Gasteiger partial charge is 0.494 e. The van der Waals surface area contributed by atoms with Crippen LogP contribution in [-0.4, -0.2) is 52.9 Å². The Labute approximate surface area is 134 Å². The number of nitrogens with zero attached hydrogens (tertiary/aromatic N) is 1. The summed E-state index contributed by atoms with van der Waals surface area (Å²) in [4.78, 5) is 17.1. The van der Waals surface area contributed by atoms with Crippen LogP contribution in [0, 0.1) is 0 Å². The molecular weight excluding hydrogens is 299 g/mol. The Hall–Kier alpha value is -2.08. The molecule has 1 aliphatic heterocycles. The van der Waals surface area contributed by atoms with E-state index in [-0.39, 0.29) is 18.9 Å². The van der Waals surface area contributed by atoms with E-state index < -0.39 is 12.3 Å². The van der Waals surface area contributed by atoms with Crippen molar-refractivity contribution >= 4 is 16.8 Å². The van der Waals surface area contributed by atoms with Crippen LogP contribution < -0.4 is 4.74 Å². The summed E-state index contributed by atoms with van der Waals surface area (Å²) in [5.41, 5.74) is -0.456. The average molecular weight is 320 g/mol. The number of hydrogen-bond acceptors (Lipinski definition) is 3. The second-order valence-corrected chi connectivity index (χ2v) is 6.00. The minimum absolute atomic E-state index is 0.0676. The van der Waals surface area contributed by atoms with E-state index in [1.165, 1.54) is 4.90 Å². The van der Waals surface area contributed by atoms with Crippen LogP contribution in [0.3, 0.4) is 0 Å². The van der Waals surface area contributed by atoms with Gasteiger partial charge >= 0.3 is 0 Å². The maximum absolute atomic E-state index is 14.3. The van der Waals surface area contributed by atoms with Crippen molar-refractivity contribution in [1.82, 2.24) is 9.88 Å². The van der Waals surface area contributed by atoms with Crippen LogP contribution in [0.2, 0.25) is 0 Å². The maximum atomic E-state index is 14.3. The number of aromatic amines is 1. The van der Waals surface area contributed by atoms with Gasteiger partial charge in [-0.1, -0.05) is 0 Å². The molecule has 1 aliphatic rings. The highest BCUT2D eigenvalue weighted by Gasteiger charge is 2.37. The number of carbonyl (C=O) groups excluding carboxylic acids is 1. The van der Waals surface area contributed by atoms with E-state index in [0.29, 0.717) is 25.3 Å². The summed E-state index contributed by atoms with van der Waals surface area (Å²) in [6, 6.07) is 7.35. The van der Waals surface area contributed by atoms with Crippen molar-refractivity contribution in [3.8, 4) is 5.75 Å². The van der Waals surface area contributed by atoms with Gasteiger partial charge in [0.2, 0.25) is 0 Å². The number of aliphatic hydroxyl groups is 1. The molecule has 1 aromatic heterocycles. The van der Waals surface area contributed by atoms with Gasteiger partial charge < -0.3 is 19.7 Å². The monoisotopic (exact) mass is 320 g/mol. The molecule has 2 aromatic rings. The minimum atomic E-state index is -1.69. The zero-order chi connectivity index (χ0) is 16.4. The van der Waals surface area contributed by atoms with E-state index in [9.17, 15) is 14.3 Å². The number of nitrogens with one attached hydrogen (secondary N) is 1. The van der Waals surface area contributed by atoms with Crippen LogP contribution in [-0.2, 0) is 0 Å². The molecule has 0 spiro atoms. The molecule has 6 heteroatoms. The second kappa shape index (κ2) is 6.20. The van der Waals surface area contributed by atoms with E-state index in [0.717, 1.165) is 16.7 Å². The number of benzene rings is 1. The maximum Gasteiger partial charge on any atom is 0.270 e. The first-order chi connectivity index (χ1) is 11.0. The van der Waals surface area contributed by atoms with Crippen LogP contribution in [0.4, 0.5) is 4.39 Å². The number of halogens is 1. The van der Waals surface area contributed by atoms with Gasteiger partial charge in [0.15, 0.2) is 5.67 Å². The van der Waals surface area contributed by atoms with Crippen LogP contribution in [0.1, 0.15) is 30.3 Å². The van der Waals surface area contributed by atoms with E-state index in [1.807, 2.05) is 25.1 Å². The summed E-state index contributed by atoms with van der Waals surface area (Å²) < 4.78 is 19.7. The highest BCUT2D eigenvalue weighted by atomic mass is 19.1. The Kier molecular flexibility index (Phi) is 4.26. The van der Waals surface area contributed by atoms with E-state index in [2.05, 4.69) is 4.98 Å². The molecule has 2 heterocycles. The van der Waals surface area contributed by atoms with Crippen LogP contribution >= 0.6 is 0 Å². The van der Waals surface area contributed by atoms with E-state index in [4.69, 9.17) is 4.74 Å². The zero-order valence-corrected chi connectivity index (χ0v) is 13.1. The van der Waals surface area contributed by atoms with Crippen molar-refractivity contribution in [2.24, 2.45) is 0 Å². The number of alkyl halides is 1. The van der Waals surface area contributed by atoms with Crippen molar-refractivity contribution in [1.29, 1.82) is 0 Å². The summed E-state index contributed by atoms with van der Waals surface area (Å²) in [6.45, 7) is 2.37. The summed E-state index contributed by atoms with van der Waals surface area (Å²) in [7, 11) is 0. The first kappa shape index (κ1) is 15.8. The highest BCUT2D eigenvalue weighted by molar-refractivity contribution is 5.98. The molecule has 1 saturated heterocycles. The molecule has 2 N–H and O–H groups in total. The Morgan fingerprint density at radius 2 is 2.30 bits per heavy atom. The van der Waals surface area contributed by atoms with Gasteiger partial charge in [0, 0.05) is 23.5 Å². The van der Waals surface area contributed by atoms with E-state index in [1.54, 1.807) is 6.07 Å². The lowest BCUT2D eigenvalue weighted by atomic mass is 9.95. The van der Waals surface area contributed by atoms with Gasteiger partial charge in [0.05, 0.1) is 19.8 Å². The van der Waals surface area contributed by atoms with Gasteiger partial charge in [-0.3, -0.25) is 4.79 Å². The molecule has 124 valence electrons. The average Bonchev–Trinajstić information content (AvgIpc) is 2.98. The molecule has 0 radical (unpaired) electrons. The lowest BCUT2D eigenvalue weighted by Gasteiger charge is -2.36. The number of carbonyl (C=O) groups is 1. The molecular formula is C17H21FN2O3. The predicted molar refractivity (Wildman–Crippen MR) is 85.5 cm³/mol. The molecule has 1 unspecified atom stereocenters. The van der Waals surface area contributed by atoms with Gasteiger partial charge in [-0.15, -0.1) is 0 Å². The smallest absolute Gasteiger partial charge is 0.270 e. The van der Waals surface area contributed by atoms with Crippen molar-refractivity contribution in [2.45, 2.75) is 25.4 Å². The standard InChI is InChI=1S/C17H21FN2O3/c1-2-23-13-5-4-12-8-15(19-14(12)9-13)16(22)20-7-3-6-17(18,10-20)11-21/h4-5,8-9,19,21H,2-3,6-7,10-11H2,1H3. The van der Waals surface area contributed by atoms with Crippen molar-refractivity contribution in [2.75, 3.05) is 26.3 Å². The van der Waals surface area contributed by atoms with Crippen molar-refractivity contribution in [3.63, 3.8) is 0 Å². The summed E-state index contributed by atoms with van der Waals surface area (Å²) in [6.07, 6.45) is 0.842. The fourth-order valence-electron chi connectivity index (χ4n) is 3.04. The quantitative estimate of drug-likeness (QED) is 0.910. The second-order valence-electron chi connectivity index (χ2n) is 6.00. The Balaban J connectivity index is 1.83. The Bertz CT molecular complexity index is 715. The molecule has 3 rings (SSSR count). The molecule has 1 fully saturated rings. The number of ether oxygens (including phenoxy) is 1. The lowest BCUT2D eigenvalue weighted by molar-refractivity contribution is 0.00155. The number of aliphatic hydroxyl groups excluding tert-OH is 1. The van der Waals surface area contributed by atoms with Crippen LogP contribution in [0.25, 0.3) is 10.9 Å². The molecule has 5 nitrogen and oxygen atoms in total. The summed E-state index contributed by atoms with van der Waals surface area (Å²) in [5, 5.41) is 10.1. The van der Waals surface area contributed by atoms with Crippen LogP contribution in [0.5, 0.6) is 5.75 Å². The van der Waals surface area contributed by atoms with Gasteiger partial charge in [-0.2, -0.15) is 0 Å². The van der Waals surface area contributed by atoms with Crippen molar-refractivity contribution < 1.29 is 19.0 Å². The Morgan fingerprint density at radius 3 is 3.04 bits per heavy atom. The highest BCUT2D eigenvalue weighted by Crippen LogP contribution is 2.27. The van der Waals surface area contributed by atoms with Gasteiger partial charge in [-0.25, -0.2) is 4.39 Å². The number of likely N-dealkylation sites (tertiary alicyclic amines) is 1. The fraction of sp³-hybridized carbons (Fsp3) is 0.471. The third-order valence-electron chi connectivity index (χ3n) is 4.23. The first-order valence-electron chi connectivity index (χ1n) is 7.89. The molecule has 1 atom stereocenters. The third-order valence-corrected chi connectivity index (χ3v) is 4.23. The van der Waals surface area contributed by atoms with Gasteiger partial charge in [-0.05, 0) is 38.0 Å². The van der Waals surface area contributed by atoms with E-state index >= 15 is 0 Å². The lowest BCUT2D eigenvalue weighted by Crippen LogP contribution is -2.49. The van der Waals surface area contributed by atoms with Gasteiger partial charge in [0.1, 0.15) is 11.4 Å². The van der Waals surface area contributed by atoms with Crippen molar-refractivity contribution in [3.05, 3.63) is 30.0 Å². The SMILES string of the molecule is CCOc1ccc2cc(C(=O)N3CCCC(F)(CO)C3)[nH]c2c1. The number of rotatable bonds is 4. The predicted octanol–water partition coefficient (Wildman–Crippen LogP) is 2.50. The number of amides is 1. The molecule has 1 aromatic carbocycles. The number of aromatic nitrogens is 1. The molecule has 0 bridgehead atoms. The zero-order valence-electron chi connectivity index (χ0n) is 13.1. The molecule has 0 aliphatic carbocycles. The topological polar surface area (TPSA) is 65.6 Å². The molecule has 23 heavy (non-hydrogen) atoms.